The number of hydrogen-bond acceptors (Lipinski definition) is 3. The van der Waals surface area contributed by atoms with Crippen molar-refractivity contribution in [2.45, 2.75) is 12.8 Å². The van der Waals surface area contributed by atoms with Crippen LogP contribution in [-0.2, 0) is 4.79 Å². The lowest BCUT2D eigenvalue weighted by molar-refractivity contribution is -0.118. The zero-order chi connectivity index (χ0) is 15.5. The van der Waals surface area contributed by atoms with Gasteiger partial charge in [-0.3, -0.25) is 9.36 Å². The number of amides is 1. The van der Waals surface area contributed by atoms with Crippen LogP contribution >= 0.6 is 11.6 Å². The highest BCUT2D eigenvalue weighted by atomic mass is 35.5. The average molecular weight is 318 g/mol. The van der Waals surface area contributed by atoms with Crippen molar-refractivity contribution >= 4 is 23.6 Å². The van der Waals surface area contributed by atoms with Crippen LogP contribution in [0.3, 0.4) is 0 Å². The fraction of sp³-hybridized carbons (Fsp3) is 0.250. The molecule has 1 aromatic heterocycles. The van der Waals surface area contributed by atoms with E-state index >= 15 is 0 Å². The molecule has 1 amide bonds. The second-order valence-electron chi connectivity index (χ2n) is 5.03. The van der Waals surface area contributed by atoms with Crippen LogP contribution in [0.4, 0.5) is 0 Å². The van der Waals surface area contributed by atoms with Crippen LogP contribution in [0.1, 0.15) is 18.4 Å². The van der Waals surface area contributed by atoms with Gasteiger partial charge in [-0.2, -0.15) is 0 Å². The number of piperidine rings is 1. The first-order chi connectivity index (χ1) is 10.7. The smallest absolute Gasteiger partial charge is 0.247 e. The molecule has 5 nitrogen and oxygen atoms in total. The van der Waals surface area contributed by atoms with Crippen molar-refractivity contribution in [1.82, 2.24) is 14.9 Å². The molecule has 1 fully saturated rings. The number of carbonyl (C=O) groups is 1. The van der Waals surface area contributed by atoms with E-state index in [1.807, 2.05) is 24.3 Å². The minimum Gasteiger partial charge on any atom is -0.495 e. The summed E-state index contributed by atoms with van der Waals surface area (Å²) in [6, 6.07) is 5.73. The highest BCUT2D eigenvalue weighted by Crippen LogP contribution is 2.28. The first-order valence-corrected chi connectivity index (χ1v) is 7.43. The molecule has 114 valence electrons. The number of carbonyl (C=O) groups excluding carboxylic acids is 1. The molecule has 2 aromatic rings. The number of rotatable bonds is 3. The summed E-state index contributed by atoms with van der Waals surface area (Å²) in [4.78, 5) is 15.8. The molecule has 0 saturated carbocycles. The van der Waals surface area contributed by atoms with E-state index in [1.165, 1.54) is 0 Å². The van der Waals surface area contributed by atoms with Gasteiger partial charge in [0.25, 0.3) is 0 Å². The number of hydrogen-bond donors (Lipinski definition) is 1. The van der Waals surface area contributed by atoms with Crippen LogP contribution < -0.4 is 10.1 Å². The highest BCUT2D eigenvalue weighted by Gasteiger charge is 2.15. The molecule has 0 unspecified atom stereocenters. The molecule has 0 spiro atoms. The van der Waals surface area contributed by atoms with Gasteiger partial charge in [0.05, 0.1) is 12.8 Å². The van der Waals surface area contributed by atoms with Crippen LogP contribution in [0.2, 0.25) is 5.28 Å². The third-order valence-corrected chi connectivity index (χ3v) is 3.88. The molecule has 6 heteroatoms. The predicted molar refractivity (Wildman–Crippen MR) is 85.3 cm³/mol. The van der Waals surface area contributed by atoms with E-state index in [4.69, 9.17) is 16.3 Å². The monoisotopic (exact) mass is 317 g/mol. The minimum absolute atomic E-state index is 0.00643. The molecular weight excluding hydrogens is 302 g/mol. The molecule has 1 N–H and O–H groups in total. The van der Waals surface area contributed by atoms with Gasteiger partial charge in [0, 0.05) is 24.5 Å². The molecule has 1 aliphatic heterocycles. The lowest BCUT2D eigenvalue weighted by Crippen LogP contribution is -2.30. The number of aromatic nitrogens is 2. The molecule has 3 rings (SSSR count). The lowest BCUT2D eigenvalue weighted by atomic mass is 10.0. The van der Waals surface area contributed by atoms with Crippen LogP contribution in [0.15, 0.2) is 36.2 Å². The van der Waals surface area contributed by atoms with Crippen LogP contribution in [0.5, 0.6) is 5.75 Å². The summed E-state index contributed by atoms with van der Waals surface area (Å²) in [7, 11) is 1.61. The molecule has 22 heavy (non-hydrogen) atoms. The quantitative estimate of drug-likeness (QED) is 0.886. The summed E-state index contributed by atoms with van der Waals surface area (Å²) in [5.41, 5.74) is 2.52. The third kappa shape index (κ3) is 2.85. The van der Waals surface area contributed by atoms with E-state index in [9.17, 15) is 4.79 Å². The minimum atomic E-state index is 0.00643. The molecular formula is C16H16ClN3O2. The summed E-state index contributed by atoms with van der Waals surface area (Å²) in [6.45, 7) is 0.748. The Balaban J connectivity index is 1.97. The number of ether oxygens (including phenoxy) is 1. The summed E-state index contributed by atoms with van der Waals surface area (Å²) in [5.74, 6) is 0.678. The molecule has 0 bridgehead atoms. The first-order valence-electron chi connectivity index (χ1n) is 7.05. The predicted octanol–water partition coefficient (Wildman–Crippen LogP) is 2.83. The van der Waals surface area contributed by atoms with E-state index in [2.05, 4.69) is 10.3 Å². The van der Waals surface area contributed by atoms with Crippen molar-refractivity contribution in [1.29, 1.82) is 0 Å². The standard InChI is InChI=1S/C16H16ClN3O2/c1-22-14-10-11(9-12-3-2-6-18-15(12)21)4-5-13(14)20-8-7-19-16(20)17/h4-5,7-10H,2-3,6H2,1H3,(H,18,21)/b12-9+. The zero-order valence-electron chi connectivity index (χ0n) is 12.2. The van der Waals surface area contributed by atoms with Gasteiger partial charge in [-0.15, -0.1) is 0 Å². The molecule has 1 saturated heterocycles. The second-order valence-corrected chi connectivity index (χ2v) is 5.36. The van der Waals surface area contributed by atoms with Crippen molar-refractivity contribution in [2.24, 2.45) is 0 Å². The normalized spacial score (nSPS) is 16.6. The Morgan fingerprint density at radius 2 is 2.32 bits per heavy atom. The van der Waals surface area contributed by atoms with Crippen molar-refractivity contribution in [2.75, 3.05) is 13.7 Å². The Bertz CT molecular complexity index is 737. The van der Waals surface area contributed by atoms with Gasteiger partial charge in [-0.05, 0) is 48.2 Å². The van der Waals surface area contributed by atoms with Crippen molar-refractivity contribution < 1.29 is 9.53 Å². The maximum atomic E-state index is 11.8. The summed E-state index contributed by atoms with van der Waals surface area (Å²) < 4.78 is 7.18. The maximum absolute atomic E-state index is 11.8. The molecule has 0 radical (unpaired) electrons. The van der Waals surface area contributed by atoms with E-state index in [1.54, 1.807) is 24.1 Å². The lowest BCUT2D eigenvalue weighted by Gasteiger charge is -2.15. The Labute approximate surface area is 133 Å². The Hall–Kier alpha value is -2.27. The van der Waals surface area contributed by atoms with Crippen LogP contribution in [0, 0.1) is 0 Å². The largest absolute Gasteiger partial charge is 0.495 e. The van der Waals surface area contributed by atoms with Crippen molar-refractivity contribution in [3.05, 3.63) is 47.0 Å². The van der Waals surface area contributed by atoms with Gasteiger partial charge < -0.3 is 10.1 Å². The summed E-state index contributed by atoms with van der Waals surface area (Å²) in [5, 5.41) is 3.23. The highest BCUT2D eigenvalue weighted by molar-refractivity contribution is 6.28. The van der Waals surface area contributed by atoms with E-state index in [0.717, 1.165) is 36.2 Å². The third-order valence-electron chi connectivity index (χ3n) is 3.60. The molecule has 0 atom stereocenters. The number of methoxy groups -OCH3 is 1. The zero-order valence-corrected chi connectivity index (χ0v) is 12.9. The number of nitrogens with one attached hydrogen (secondary N) is 1. The van der Waals surface area contributed by atoms with Crippen LogP contribution in [-0.4, -0.2) is 29.1 Å². The van der Waals surface area contributed by atoms with Gasteiger partial charge in [-0.1, -0.05) is 6.07 Å². The Kier molecular flexibility index (Phi) is 4.15. The van der Waals surface area contributed by atoms with Gasteiger partial charge in [0.15, 0.2) is 0 Å². The topological polar surface area (TPSA) is 56.1 Å². The van der Waals surface area contributed by atoms with Gasteiger partial charge >= 0.3 is 0 Å². The van der Waals surface area contributed by atoms with E-state index < -0.39 is 0 Å². The molecule has 0 aliphatic carbocycles. The summed E-state index contributed by atoms with van der Waals surface area (Å²) >= 11 is 6.05. The van der Waals surface area contributed by atoms with Crippen LogP contribution in [0.25, 0.3) is 11.8 Å². The fourth-order valence-electron chi connectivity index (χ4n) is 2.49. The van der Waals surface area contributed by atoms with E-state index in [-0.39, 0.29) is 5.91 Å². The molecule has 1 aromatic carbocycles. The second kappa shape index (κ2) is 6.23. The number of nitrogens with zero attached hydrogens (tertiary/aromatic N) is 2. The van der Waals surface area contributed by atoms with Gasteiger partial charge in [0.2, 0.25) is 11.2 Å². The number of halogens is 1. The van der Waals surface area contributed by atoms with Gasteiger partial charge in [-0.25, -0.2) is 4.98 Å². The SMILES string of the molecule is COc1cc(/C=C2\CCCNC2=O)ccc1-n1ccnc1Cl. The average Bonchev–Trinajstić information content (AvgIpc) is 2.95. The van der Waals surface area contributed by atoms with Gasteiger partial charge in [0.1, 0.15) is 5.75 Å². The molecule has 2 heterocycles. The van der Waals surface area contributed by atoms with Crippen molar-refractivity contribution in [3.8, 4) is 11.4 Å². The maximum Gasteiger partial charge on any atom is 0.247 e. The Morgan fingerprint density at radius 3 is 3.00 bits per heavy atom. The van der Waals surface area contributed by atoms with Crippen molar-refractivity contribution in [3.63, 3.8) is 0 Å². The number of benzene rings is 1. The number of imidazole rings is 1. The summed E-state index contributed by atoms with van der Waals surface area (Å²) in [6.07, 6.45) is 7.06. The fourth-order valence-corrected chi connectivity index (χ4v) is 2.70. The first kappa shape index (κ1) is 14.7. The Morgan fingerprint density at radius 1 is 1.45 bits per heavy atom. The van der Waals surface area contributed by atoms with E-state index in [0.29, 0.717) is 11.0 Å². The molecule has 1 aliphatic rings.